The number of aliphatic imine (C=N–C) groups is 1. The standard InChI is InChI=1S/C22H25ClN6S/c1-15-19(30-21(27-15)16-7-4-3-5-8-16)13-26-22(24-2)28-17-10-12-29(14-17)20-18(23)9-6-11-25-20/h3-9,11,17H,10,12-14H2,1-2H3,(H2,24,26,28). The molecule has 0 saturated carbocycles. The van der Waals surface area contributed by atoms with Crippen molar-refractivity contribution in [1.29, 1.82) is 0 Å². The van der Waals surface area contributed by atoms with Crippen LogP contribution in [0, 0.1) is 6.92 Å². The number of anilines is 1. The summed E-state index contributed by atoms with van der Waals surface area (Å²) in [6.45, 7) is 4.51. The fourth-order valence-corrected chi connectivity index (χ4v) is 4.78. The van der Waals surface area contributed by atoms with Gasteiger partial charge in [-0.25, -0.2) is 9.97 Å². The van der Waals surface area contributed by atoms with E-state index in [9.17, 15) is 0 Å². The first-order valence-corrected chi connectivity index (χ1v) is 11.2. The molecule has 4 rings (SSSR count). The largest absolute Gasteiger partial charge is 0.353 e. The lowest BCUT2D eigenvalue weighted by atomic mass is 10.2. The van der Waals surface area contributed by atoms with Gasteiger partial charge in [-0.3, -0.25) is 4.99 Å². The summed E-state index contributed by atoms with van der Waals surface area (Å²) in [5.41, 5.74) is 2.21. The number of hydrogen-bond donors (Lipinski definition) is 2. The van der Waals surface area contributed by atoms with E-state index in [0.29, 0.717) is 11.6 Å². The third-order valence-corrected chi connectivity index (χ3v) is 6.62. The number of nitrogens with one attached hydrogen (secondary N) is 2. The molecule has 0 amide bonds. The Balaban J connectivity index is 1.34. The van der Waals surface area contributed by atoms with Gasteiger partial charge in [-0.05, 0) is 25.5 Å². The highest BCUT2D eigenvalue weighted by Crippen LogP contribution is 2.28. The maximum Gasteiger partial charge on any atom is 0.191 e. The number of pyridine rings is 1. The summed E-state index contributed by atoms with van der Waals surface area (Å²) in [6, 6.07) is 14.3. The van der Waals surface area contributed by atoms with Crippen LogP contribution in [0.1, 0.15) is 17.0 Å². The molecule has 6 nitrogen and oxygen atoms in total. The number of nitrogens with zero attached hydrogens (tertiary/aromatic N) is 4. The van der Waals surface area contributed by atoms with Crippen LogP contribution in [-0.4, -0.2) is 42.1 Å². The van der Waals surface area contributed by atoms with Gasteiger partial charge in [-0.15, -0.1) is 11.3 Å². The number of benzene rings is 1. The van der Waals surface area contributed by atoms with Crippen molar-refractivity contribution in [2.45, 2.75) is 25.9 Å². The summed E-state index contributed by atoms with van der Waals surface area (Å²) < 4.78 is 0. The van der Waals surface area contributed by atoms with Crippen molar-refractivity contribution in [3.05, 3.63) is 64.3 Å². The van der Waals surface area contributed by atoms with E-state index in [1.165, 1.54) is 4.88 Å². The van der Waals surface area contributed by atoms with Crippen LogP contribution in [0.2, 0.25) is 5.02 Å². The lowest BCUT2D eigenvalue weighted by Crippen LogP contribution is -2.44. The highest BCUT2D eigenvalue weighted by Gasteiger charge is 2.25. The van der Waals surface area contributed by atoms with Gasteiger partial charge in [0.2, 0.25) is 0 Å². The number of aromatic nitrogens is 2. The molecule has 1 aromatic carbocycles. The van der Waals surface area contributed by atoms with E-state index in [1.54, 1.807) is 24.6 Å². The van der Waals surface area contributed by atoms with Crippen molar-refractivity contribution in [1.82, 2.24) is 20.6 Å². The van der Waals surface area contributed by atoms with Gasteiger partial charge in [-0.1, -0.05) is 41.9 Å². The molecule has 1 aliphatic heterocycles. The first-order valence-electron chi connectivity index (χ1n) is 9.98. The molecule has 0 spiro atoms. The second-order valence-electron chi connectivity index (χ2n) is 7.20. The van der Waals surface area contributed by atoms with E-state index in [-0.39, 0.29) is 6.04 Å². The zero-order valence-electron chi connectivity index (χ0n) is 17.1. The molecule has 30 heavy (non-hydrogen) atoms. The normalized spacial score (nSPS) is 16.7. The Morgan fingerprint density at radius 2 is 2.10 bits per heavy atom. The Morgan fingerprint density at radius 1 is 1.27 bits per heavy atom. The van der Waals surface area contributed by atoms with Gasteiger partial charge in [0, 0.05) is 42.8 Å². The number of guanidine groups is 1. The van der Waals surface area contributed by atoms with Crippen LogP contribution in [0.3, 0.4) is 0 Å². The summed E-state index contributed by atoms with van der Waals surface area (Å²) in [7, 11) is 1.80. The van der Waals surface area contributed by atoms with Gasteiger partial charge in [-0.2, -0.15) is 0 Å². The molecule has 1 unspecified atom stereocenters. The van der Waals surface area contributed by atoms with Crippen molar-refractivity contribution < 1.29 is 0 Å². The van der Waals surface area contributed by atoms with E-state index in [1.807, 2.05) is 30.3 Å². The van der Waals surface area contributed by atoms with E-state index in [0.717, 1.165) is 47.6 Å². The van der Waals surface area contributed by atoms with Crippen LogP contribution in [0.4, 0.5) is 5.82 Å². The van der Waals surface area contributed by atoms with Crippen LogP contribution in [0.5, 0.6) is 0 Å². The lowest BCUT2D eigenvalue weighted by molar-refractivity contribution is 0.648. The zero-order chi connectivity index (χ0) is 20.9. The van der Waals surface area contributed by atoms with Crippen LogP contribution in [0.25, 0.3) is 10.6 Å². The molecule has 1 fully saturated rings. The van der Waals surface area contributed by atoms with Gasteiger partial charge < -0.3 is 15.5 Å². The predicted octanol–water partition coefficient (Wildman–Crippen LogP) is 4.11. The monoisotopic (exact) mass is 440 g/mol. The Labute approximate surface area is 186 Å². The molecule has 1 aliphatic rings. The predicted molar refractivity (Wildman–Crippen MR) is 125 cm³/mol. The van der Waals surface area contributed by atoms with Gasteiger partial charge in [0.25, 0.3) is 0 Å². The maximum atomic E-state index is 6.30. The Bertz CT molecular complexity index is 1020. The molecule has 2 N–H and O–H groups in total. The van der Waals surface area contributed by atoms with E-state index < -0.39 is 0 Å². The Hall–Kier alpha value is -2.64. The van der Waals surface area contributed by atoms with Gasteiger partial charge in [0.1, 0.15) is 10.8 Å². The second-order valence-corrected chi connectivity index (χ2v) is 8.70. The van der Waals surface area contributed by atoms with Gasteiger partial charge in [0.05, 0.1) is 17.3 Å². The fourth-order valence-electron chi connectivity index (χ4n) is 3.53. The second kappa shape index (κ2) is 9.45. The highest BCUT2D eigenvalue weighted by molar-refractivity contribution is 7.15. The summed E-state index contributed by atoms with van der Waals surface area (Å²) in [5, 5.41) is 8.69. The lowest BCUT2D eigenvalue weighted by Gasteiger charge is -2.20. The molecule has 1 atom stereocenters. The summed E-state index contributed by atoms with van der Waals surface area (Å²) in [5.74, 6) is 1.64. The smallest absolute Gasteiger partial charge is 0.191 e. The van der Waals surface area contributed by atoms with Crippen molar-refractivity contribution >= 4 is 34.7 Å². The molecule has 0 aliphatic carbocycles. The molecule has 1 saturated heterocycles. The summed E-state index contributed by atoms with van der Waals surface area (Å²) in [4.78, 5) is 17.0. The minimum atomic E-state index is 0.289. The molecular formula is C22H25ClN6S. The molecule has 0 radical (unpaired) electrons. The third-order valence-electron chi connectivity index (χ3n) is 5.12. The Kier molecular flexibility index (Phi) is 6.50. The van der Waals surface area contributed by atoms with Crippen LogP contribution in [0.15, 0.2) is 53.7 Å². The molecule has 156 valence electrons. The van der Waals surface area contributed by atoms with E-state index in [4.69, 9.17) is 16.6 Å². The molecular weight excluding hydrogens is 416 g/mol. The highest BCUT2D eigenvalue weighted by atomic mass is 35.5. The molecule has 2 aromatic heterocycles. The van der Waals surface area contributed by atoms with Crippen LogP contribution < -0.4 is 15.5 Å². The number of thiazole rings is 1. The molecule has 8 heteroatoms. The minimum absolute atomic E-state index is 0.289. The topological polar surface area (TPSA) is 65.4 Å². The number of halogens is 1. The quantitative estimate of drug-likeness (QED) is 0.461. The van der Waals surface area contributed by atoms with Crippen LogP contribution >= 0.6 is 22.9 Å². The van der Waals surface area contributed by atoms with Crippen LogP contribution in [-0.2, 0) is 6.54 Å². The van der Waals surface area contributed by atoms with Crippen molar-refractivity contribution in [2.24, 2.45) is 4.99 Å². The zero-order valence-corrected chi connectivity index (χ0v) is 18.7. The average molecular weight is 441 g/mol. The summed E-state index contributed by atoms with van der Waals surface area (Å²) >= 11 is 8.02. The first kappa shape index (κ1) is 20.6. The molecule has 0 bridgehead atoms. The number of rotatable bonds is 5. The van der Waals surface area contributed by atoms with Gasteiger partial charge in [0.15, 0.2) is 5.96 Å². The van der Waals surface area contributed by atoms with Crippen molar-refractivity contribution in [3.8, 4) is 10.6 Å². The SMILES string of the molecule is CN=C(NCc1sc(-c2ccccc2)nc1C)NC1CCN(c2ncccc2Cl)C1. The average Bonchev–Trinajstić information content (AvgIpc) is 3.38. The van der Waals surface area contributed by atoms with Gasteiger partial charge >= 0.3 is 0 Å². The first-order chi connectivity index (χ1) is 14.6. The maximum absolute atomic E-state index is 6.30. The van der Waals surface area contributed by atoms with E-state index in [2.05, 4.69) is 44.6 Å². The molecule has 3 heterocycles. The molecule has 3 aromatic rings. The van der Waals surface area contributed by atoms with Crippen molar-refractivity contribution in [2.75, 3.05) is 25.0 Å². The number of aryl methyl sites for hydroxylation is 1. The minimum Gasteiger partial charge on any atom is -0.353 e. The fraction of sp³-hybridized carbons (Fsp3) is 0.318. The van der Waals surface area contributed by atoms with E-state index >= 15 is 0 Å². The Morgan fingerprint density at radius 3 is 2.87 bits per heavy atom. The van der Waals surface area contributed by atoms with Crippen molar-refractivity contribution in [3.63, 3.8) is 0 Å². The number of hydrogen-bond acceptors (Lipinski definition) is 5. The summed E-state index contributed by atoms with van der Waals surface area (Å²) in [6.07, 6.45) is 2.79. The third kappa shape index (κ3) is 4.74.